The van der Waals surface area contributed by atoms with E-state index >= 15 is 0 Å². The molecule has 1 aliphatic rings. The van der Waals surface area contributed by atoms with Crippen LogP contribution in [-0.4, -0.2) is 26.5 Å². The lowest BCUT2D eigenvalue weighted by molar-refractivity contribution is 0.345. The lowest BCUT2D eigenvalue weighted by Crippen LogP contribution is -2.05. The second kappa shape index (κ2) is 4.56. The maximum absolute atomic E-state index is 5.67. The first-order chi connectivity index (χ1) is 9.22. The van der Waals surface area contributed by atoms with Crippen molar-refractivity contribution in [1.82, 2.24) is 19.9 Å². The van der Waals surface area contributed by atoms with E-state index in [0.29, 0.717) is 23.7 Å². The molecule has 2 heterocycles. The van der Waals surface area contributed by atoms with Crippen LogP contribution in [-0.2, 0) is 0 Å². The summed E-state index contributed by atoms with van der Waals surface area (Å²) in [5.74, 6) is 0.552. The molecule has 2 aromatic heterocycles. The van der Waals surface area contributed by atoms with Gasteiger partial charge in [-0.25, -0.2) is 4.98 Å². The number of imidazole rings is 1. The number of fused-ring (bicyclic) bond motifs is 1. The Labute approximate surface area is 109 Å². The minimum absolute atomic E-state index is 0.160. The van der Waals surface area contributed by atoms with Gasteiger partial charge in [0.1, 0.15) is 6.61 Å². The molecule has 19 heavy (non-hydrogen) atoms. The third-order valence-electron chi connectivity index (χ3n) is 2.80. The molecule has 6 nitrogen and oxygen atoms in total. The number of nitrogen functional groups attached to an aromatic ring is 1. The molecule has 0 bridgehead atoms. The molecule has 1 aliphatic carbocycles. The van der Waals surface area contributed by atoms with Crippen LogP contribution in [0.15, 0.2) is 42.3 Å². The van der Waals surface area contributed by atoms with E-state index in [0.717, 1.165) is 17.6 Å². The van der Waals surface area contributed by atoms with Gasteiger partial charge in [-0.2, -0.15) is 9.97 Å². The number of anilines is 1. The summed E-state index contributed by atoms with van der Waals surface area (Å²) in [4.78, 5) is 15.1. The van der Waals surface area contributed by atoms with Crippen LogP contribution in [0.25, 0.3) is 11.2 Å². The van der Waals surface area contributed by atoms with Gasteiger partial charge in [0.25, 0.3) is 0 Å². The lowest BCUT2D eigenvalue weighted by Gasteiger charge is -2.10. The van der Waals surface area contributed by atoms with Crippen molar-refractivity contribution in [2.24, 2.45) is 0 Å². The van der Waals surface area contributed by atoms with Crippen LogP contribution in [0.4, 0.5) is 5.95 Å². The van der Waals surface area contributed by atoms with Gasteiger partial charge >= 0.3 is 0 Å². The standard InChI is InChI=1S/C13H13N5O/c1-8-2-4-9(5-3-8)6-19-12-10-11(16-7-15-10)17-13(14)18-12/h2,4-5,7H,1,3,6H2,(H3,14,15,16,17,18). The maximum atomic E-state index is 5.67. The smallest absolute Gasteiger partial charge is 0.247 e. The van der Waals surface area contributed by atoms with Gasteiger partial charge in [0, 0.05) is 0 Å². The van der Waals surface area contributed by atoms with Crippen molar-refractivity contribution in [2.45, 2.75) is 6.42 Å². The van der Waals surface area contributed by atoms with Crippen LogP contribution in [0.1, 0.15) is 6.42 Å². The van der Waals surface area contributed by atoms with Crippen molar-refractivity contribution in [3.8, 4) is 5.88 Å². The van der Waals surface area contributed by atoms with E-state index in [1.165, 1.54) is 6.33 Å². The zero-order valence-electron chi connectivity index (χ0n) is 10.3. The van der Waals surface area contributed by atoms with Crippen LogP contribution in [0, 0.1) is 0 Å². The molecule has 0 aliphatic heterocycles. The Morgan fingerprint density at radius 1 is 1.37 bits per heavy atom. The van der Waals surface area contributed by atoms with E-state index in [-0.39, 0.29) is 5.95 Å². The molecule has 96 valence electrons. The van der Waals surface area contributed by atoms with E-state index in [9.17, 15) is 0 Å². The molecule has 2 aromatic rings. The van der Waals surface area contributed by atoms with Crippen molar-refractivity contribution in [3.63, 3.8) is 0 Å². The second-order valence-electron chi connectivity index (χ2n) is 4.25. The SMILES string of the molecule is C=C1C=CC(COc2nc(N)nc3[nH]cnc23)=CC1. The minimum Gasteiger partial charge on any atom is -0.471 e. The van der Waals surface area contributed by atoms with Crippen molar-refractivity contribution in [2.75, 3.05) is 12.3 Å². The highest BCUT2D eigenvalue weighted by Crippen LogP contribution is 2.21. The van der Waals surface area contributed by atoms with Crippen LogP contribution >= 0.6 is 0 Å². The molecule has 0 aromatic carbocycles. The van der Waals surface area contributed by atoms with Gasteiger partial charge in [0.15, 0.2) is 11.2 Å². The number of rotatable bonds is 3. The van der Waals surface area contributed by atoms with Crippen molar-refractivity contribution in [3.05, 3.63) is 42.3 Å². The summed E-state index contributed by atoms with van der Waals surface area (Å²) in [5, 5.41) is 0. The van der Waals surface area contributed by atoms with E-state index in [1.807, 2.05) is 12.2 Å². The number of hydrogen-bond donors (Lipinski definition) is 2. The number of nitrogens with zero attached hydrogens (tertiary/aromatic N) is 3. The number of nitrogens with two attached hydrogens (primary N) is 1. The molecule has 3 N–H and O–H groups in total. The van der Waals surface area contributed by atoms with Crippen LogP contribution in [0.3, 0.4) is 0 Å². The van der Waals surface area contributed by atoms with Gasteiger partial charge in [-0.1, -0.05) is 30.4 Å². The Kier molecular flexibility index (Phi) is 2.75. The third kappa shape index (κ3) is 2.33. The predicted molar refractivity (Wildman–Crippen MR) is 72.6 cm³/mol. The predicted octanol–water partition coefficient (Wildman–Crippen LogP) is 1.76. The van der Waals surface area contributed by atoms with Crippen LogP contribution in [0.2, 0.25) is 0 Å². The number of H-pyrrole nitrogens is 1. The Hall–Kier alpha value is -2.63. The molecule has 0 radical (unpaired) electrons. The Morgan fingerprint density at radius 3 is 3.05 bits per heavy atom. The molecular weight excluding hydrogens is 242 g/mol. The van der Waals surface area contributed by atoms with Gasteiger partial charge in [-0.3, -0.25) is 0 Å². The van der Waals surface area contributed by atoms with E-state index < -0.39 is 0 Å². The Morgan fingerprint density at radius 2 is 2.26 bits per heavy atom. The molecule has 3 rings (SSSR count). The highest BCUT2D eigenvalue weighted by Gasteiger charge is 2.10. The first kappa shape index (κ1) is 11.5. The van der Waals surface area contributed by atoms with E-state index in [2.05, 4.69) is 32.6 Å². The van der Waals surface area contributed by atoms with Crippen molar-refractivity contribution >= 4 is 17.1 Å². The van der Waals surface area contributed by atoms with Crippen molar-refractivity contribution < 1.29 is 4.74 Å². The first-order valence-electron chi connectivity index (χ1n) is 5.86. The highest BCUT2D eigenvalue weighted by atomic mass is 16.5. The molecule has 0 spiro atoms. The van der Waals surface area contributed by atoms with Gasteiger partial charge < -0.3 is 15.5 Å². The molecule has 0 amide bonds. The largest absolute Gasteiger partial charge is 0.471 e. The molecular formula is C13H13N5O. The molecule has 6 heteroatoms. The van der Waals surface area contributed by atoms with Gasteiger partial charge in [-0.05, 0) is 12.0 Å². The summed E-state index contributed by atoms with van der Waals surface area (Å²) in [5.41, 5.74) is 8.94. The summed E-state index contributed by atoms with van der Waals surface area (Å²) < 4.78 is 5.67. The molecule has 0 fully saturated rings. The monoisotopic (exact) mass is 255 g/mol. The molecule has 0 saturated heterocycles. The first-order valence-corrected chi connectivity index (χ1v) is 5.86. The minimum atomic E-state index is 0.160. The average molecular weight is 255 g/mol. The van der Waals surface area contributed by atoms with Crippen molar-refractivity contribution in [1.29, 1.82) is 0 Å². The van der Waals surface area contributed by atoms with Gasteiger partial charge in [-0.15, -0.1) is 0 Å². The maximum Gasteiger partial charge on any atom is 0.247 e. The summed E-state index contributed by atoms with van der Waals surface area (Å²) >= 11 is 0. The zero-order valence-corrected chi connectivity index (χ0v) is 10.3. The van der Waals surface area contributed by atoms with E-state index in [1.54, 1.807) is 0 Å². The quantitative estimate of drug-likeness (QED) is 0.872. The Balaban J connectivity index is 1.80. The average Bonchev–Trinajstić information content (AvgIpc) is 2.85. The summed E-state index contributed by atoms with van der Waals surface area (Å²) in [7, 11) is 0. The fourth-order valence-electron chi connectivity index (χ4n) is 1.81. The number of nitrogens with one attached hydrogen (secondary N) is 1. The topological polar surface area (TPSA) is 89.7 Å². The number of allylic oxidation sites excluding steroid dienone is 3. The van der Waals surface area contributed by atoms with E-state index in [4.69, 9.17) is 10.5 Å². The summed E-state index contributed by atoms with van der Waals surface area (Å²) in [6.07, 6.45) is 8.43. The second-order valence-corrected chi connectivity index (χ2v) is 4.25. The number of ether oxygens (including phenoxy) is 1. The Bertz CT molecular complexity index is 698. The summed E-state index contributed by atoms with van der Waals surface area (Å²) in [6.45, 7) is 4.31. The number of hydrogen-bond acceptors (Lipinski definition) is 5. The third-order valence-corrected chi connectivity index (χ3v) is 2.80. The molecule has 0 unspecified atom stereocenters. The molecule has 0 atom stereocenters. The fourth-order valence-corrected chi connectivity index (χ4v) is 1.81. The molecule has 0 saturated carbocycles. The zero-order chi connectivity index (χ0) is 13.2. The van der Waals surface area contributed by atoms with Crippen LogP contribution in [0.5, 0.6) is 5.88 Å². The van der Waals surface area contributed by atoms with Crippen LogP contribution < -0.4 is 10.5 Å². The van der Waals surface area contributed by atoms with Gasteiger partial charge in [0.05, 0.1) is 6.33 Å². The summed E-state index contributed by atoms with van der Waals surface area (Å²) in [6, 6.07) is 0. The normalized spacial score (nSPS) is 14.7. The fraction of sp³-hybridized carbons (Fsp3) is 0.154. The highest BCUT2D eigenvalue weighted by molar-refractivity contribution is 5.76. The number of aromatic nitrogens is 4. The number of aromatic amines is 1. The van der Waals surface area contributed by atoms with Gasteiger partial charge in [0.2, 0.25) is 11.8 Å². The lowest BCUT2D eigenvalue weighted by atomic mass is 10.0.